The van der Waals surface area contributed by atoms with Gasteiger partial charge in [-0.1, -0.05) is 36.4 Å². The average Bonchev–Trinajstić information content (AvgIpc) is 2.51. The Morgan fingerprint density at radius 1 is 1.46 bits per heavy atom. The zero-order chi connectivity index (χ0) is 16.7. The van der Waals surface area contributed by atoms with Gasteiger partial charge in [-0.25, -0.2) is 4.99 Å². The molecule has 1 aliphatic rings. The maximum Gasteiger partial charge on any atom is 0.189 e. The molecule has 1 aromatic carbocycles. The highest BCUT2D eigenvalue weighted by Gasteiger charge is 2.16. The number of halogens is 1. The summed E-state index contributed by atoms with van der Waals surface area (Å²) < 4.78 is 5.59. The van der Waals surface area contributed by atoms with Gasteiger partial charge in [-0.2, -0.15) is 0 Å². The first-order valence-corrected chi connectivity index (χ1v) is 8.13. The zero-order valence-corrected chi connectivity index (χ0v) is 17.0. The third-order valence-electron chi connectivity index (χ3n) is 3.73. The summed E-state index contributed by atoms with van der Waals surface area (Å²) in [6, 6.07) is 8.54. The van der Waals surface area contributed by atoms with Crippen molar-refractivity contribution in [3.05, 3.63) is 47.5 Å². The summed E-state index contributed by atoms with van der Waals surface area (Å²) in [5, 5.41) is 3.04. The lowest BCUT2D eigenvalue weighted by atomic mass is 10.1. The van der Waals surface area contributed by atoms with E-state index in [1.54, 1.807) is 0 Å². The van der Waals surface area contributed by atoms with Gasteiger partial charge in [0.2, 0.25) is 0 Å². The number of benzene rings is 1. The third-order valence-corrected chi connectivity index (χ3v) is 3.73. The molecule has 3 N–H and O–H groups in total. The number of ether oxygens (including phenoxy) is 1. The number of nitrogens with zero attached hydrogens (tertiary/aromatic N) is 2. The number of aliphatic imine (C=N–C) groups is 1. The Morgan fingerprint density at radius 2 is 2.21 bits per heavy atom. The van der Waals surface area contributed by atoms with Gasteiger partial charge >= 0.3 is 0 Å². The molecule has 0 radical (unpaired) electrons. The second-order valence-corrected chi connectivity index (χ2v) is 6.25. The Hall–Kier alpha value is -1.12. The molecule has 0 aliphatic carbocycles. The van der Waals surface area contributed by atoms with E-state index in [1.807, 2.05) is 6.92 Å². The Morgan fingerprint density at radius 3 is 2.92 bits per heavy atom. The molecule has 0 spiro atoms. The van der Waals surface area contributed by atoms with Crippen LogP contribution in [0, 0.1) is 0 Å². The minimum atomic E-state index is 0. The van der Waals surface area contributed by atoms with Crippen LogP contribution in [0.4, 0.5) is 0 Å². The van der Waals surface area contributed by atoms with E-state index in [1.165, 1.54) is 11.1 Å². The smallest absolute Gasteiger partial charge is 0.189 e. The van der Waals surface area contributed by atoms with Crippen molar-refractivity contribution in [2.75, 3.05) is 26.2 Å². The van der Waals surface area contributed by atoms with Crippen LogP contribution in [0.2, 0.25) is 0 Å². The molecule has 24 heavy (non-hydrogen) atoms. The molecule has 6 heteroatoms. The van der Waals surface area contributed by atoms with Crippen LogP contribution < -0.4 is 11.1 Å². The molecule has 1 atom stereocenters. The molecule has 1 fully saturated rings. The van der Waals surface area contributed by atoms with E-state index < -0.39 is 0 Å². The van der Waals surface area contributed by atoms with Gasteiger partial charge in [0, 0.05) is 26.2 Å². The molecule has 5 nitrogen and oxygen atoms in total. The van der Waals surface area contributed by atoms with Crippen LogP contribution in [0.3, 0.4) is 0 Å². The number of morpholine rings is 1. The van der Waals surface area contributed by atoms with E-state index in [-0.39, 0.29) is 24.0 Å². The predicted octanol–water partition coefficient (Wildman–Crippen LogP) is 2.51. The number of nitrogens with two attached hydrogens (primary N) is 1. The Kier molecular flexibility index (Phi) is 9.31. The molecule has 0 bridgehead atoms. The van der Waals surface area contributed by atoms with E-state index >= 15 is 0 Å². The van der Waals surface area contributed by atoms with Crippen molar-refractivity contribution in [2.24, 2.45) is 10.7 Å². The van der Waals surface area contributed by atoms with Crippen LogP contribution >= 0.6 is 24.0 Å². The summed E-state index contributed by atoms with van der Waals surface area (Å²) >= 11 is 0. The lowest BCUT2D eigenvalue weighted by molar-refractivity contribution is -0.0212. The highest BCUT2D eigenvalue weighted by Crippen LogP contribution is 2.12. The quantitative estimate of drug-likeness (QED) is 0.307. The summed E-state index contributed by atoms with van der Waals surface area (Å²) in [6.45, 7) is 12.9. The fraction of sp³-hybridized carbons (Fsp3) is 0.500. The topological polar surface area (TPSA) is 62.9 Å². The summed E-state index contributed by atoms with van der Waals surface area (Å²) in [7, 11) is 0. The normalized spacial score (nSPS) is 18.8. The summed E-state index contributed by atoms with van der Waals surface area (Å²) in [4.78, 5) is 6.80. The van der Waals surface area contributed by atoms with Crippen molar-refractivity contribution in [1.29, 1.82) is 0 Å². The van der Waals surface area contributed by atoms with Crippen molar-refractivity contribution in [3.63, 3.8) is 0 Å². The van der Waals surface area contributed by atoms with Crippen LogP contribution in [0.5, 0.6) is 0 Å². The van der Waals surface area contributed by atoms with Crippen molar-refractivity contribution >= 4 is 29.9 Å². The minimum Gasteiger partial charge on any atom is -0.376 e. The monoisotopic (exact) mass is 444 g/mol. The van der Waals surface area contributed by atoms with Crippen molar-refractivity contribution in [2.45, 2.75) is 33.0 Å². The van der Waals surface area contributed by atoms with Gasteiger partial charge in [0.05, 0.1) is 19.3 Å². The summed E-state index contributed by atoms with van der Waals surface area (Å²) in [5.41, 5.74) is 9.36. The predicted molar refractivity (Wildman–Crippen MR) is 111 cm³/mol. The van der Waals surface area contributed by atoms with Gasteiger partial charge in [0.1, 0.15) is 0 Å². The molecular weight excluding hydrogens is 415 g/mol. The molecule has 1 unspecified atom stereocenters. The van der Waals surface area contributed by atoms with E-state index in [0.29, 0.717) is 25.2 Å². The van der Waals surface area contributed by atoms with Gasteiger partial charge in [-0.05, 0) is 25.0 Å². The molecule has 1 aliphatic heterocycles. The number of hydrogen-bond acceptors (Lipinski definition) is 3. The van der Waals surface area contributed by atoms with Gasteiger partial charge in [0.25, 0.3) is 0 Å². The molecule has 0 saturated carbocycles. The largest absolute Gasteiger partial charge is 0.376 e. The minimum absolute atomic E-state index is 0. The van der Waals surface area contributed by atoms with Crippen LogP contribution in [0.25, 0.3) is 0 Å². The third kappa shape index (κ3) is 7.63. The highest BCUT2D eigenvalue weighted by molar-refractivity contribution is 14.0. The Balaban J connectivity index is 0.00000288. The molecular formula is C18H29IN4O. The Bertz CT molecular complexity index is 562. The van der Waals surface area contributed by atoms with E-state index in [4.69, 9.17) is 10.5 Å². The lowest BCUT2D eigenvalue weighted by Crippen LogP contribution is -2.40. The lowest BCUT2D eigenvalue weighted by Gasteiger charge is -2.31. The molecule has 0 aromatic heterocycles. The molecule has 2 rings (SSSR count). The average molecular weight is 444 g/mol. The van der Waals surface area contributed by atoms with Gasteiger partial charge in [0.15, 0.2) is 5.96 Å². The molecule has 1 heterocycles. The van der Waals surface area contributed by atoms with Crippen LogP contribution in [-0.2, 0) is 17.8 Å². The highest BCUT2D eigenvalue weighted by atomic mass is 127. The van der Waals surface area contributed by atoms with Crippen molar-refractivity contribution in [1.82, 2.24) is 10.2 Å². The summed E-state index contributed by atoms with van der Waals surface area (Å²) in [5.74, 6) is 0.459. The fourth-order valence-corrected chi connectivity index (χ4v) is 2.59. The molecule has 134 valence electrons. The molecule has 1 aromatic rings. The van der Waals surface area contributed by atoms with E-state index in [9.17, 15) is 0 Å². The van der Waals surface area contributed by atoms with Gasteiger partial charge < -0.3 is 15.8 Å². The maximum atomic E-state index is 5.85. The fourth-order valence-electron chi connectivity index (χ4n) is 2.59. The Labute approximate surface area is 162 Å². The van der Waals surface area contributed by atoms with E-state index in [2.05, 4.69) is 53.0 Å². The summed E-state index contributed by atoms with van der Waals surface area (Å²) in [6.07, 6.45) is 0.315. The maximum absolute atomic E-state index is 5.85. The van der Waals surface area contributed by atoms with Crippen LogP contribution in [0.15, 0.2) is 41.4 Å². The first kappa shape index (κ1) is 20.9. The van der Waals surface area contributed by atoms with Gasteiger partial charge in [-0.3, -0.25) is 4.90 Å². The second kappa shape index (κ2) is 10.7. The van der Waals surface area contributed by atoms with E-state index in [0.717, 1.165) is 31.8 Å². The van der Waals surface area contributed by atoms with Crippen molar-refractivity contribution in [3.8, 4) is 0 Å². The molecule has 0 amide bonds. The first-order chi connectivity index (χ1) is 11.0. The first-order valence-electron chi connectivity index (χ1n) is 8.13. The van der Waals surface area contributed by atoms with Crippen LogP contribution in [0.1, 0.15) is 25.0 Å². The van der Waals surface area contributed by atoms with Crippen LogP contribution in [-0.4, -0.2) is 43.2 Å². The molecule has 1 saturated heterocycles. The number of rotatable bonds is 6. The number of hydrogen-bond donors (Lipinski definition) is 2. The van der Waals surface area contributed by atoms with Crippen molar-refractivity contribution < 1.29 is 4.74 Å². The number of guanidine groups is 1. The second-order valence-electron chi connectivity index (χ2n) is 6.25. The zero-order valence-electron chi connectivity index (χ0n) is 14.6. The SMILES string of the molecule is C=C(C)CNC(N)=NCc1cccc(CN2CCOC(C)C2)c1.I. The standard InChI is InChI=1S/C18H28N4O.HI/c1-14(2)10-20-18(19)21-11-16-5-4-6-17(9-16)13-22-7-8-23-15(3)12-22;/h4-6,9,15H,1,7-8,10-13H2,2-3H3,(H3,19,20,21);1H. The number of nitrogens with one attached hydrogen (secondary N) is 1. The van der Waals surface area contributed by atoms with Gasteiger partial charge in [-0.15, -0.1) is 24.0 Å².